The van der Waals surface area contributed by atoms with Crippen LogP contribution in [0, 0.1) is 0 Å². The molecule has 118 valence electrons. The van der Waals surface area contributed by atoms with Crippen molar-refractivity contribution in [3.8, 4) is 11.5 Å². The molecule has 1 atom stereocenters. The third-order valence-electron chi connectivity index (χ3n) is 3.55. The van der Waals surface area contributed by atoms with E-state index in [1.54, 1.807) is 32.4 Å². The van der Waals surface area contributed by atoms with E-state index in [0.29, 0.717) is 17.1 Å². The van der Waals surface area contributed by atoms with Crippen LogP contribution in [-0.4, -0.2) is 24.4 Å². The Hall–Kier alpha value is -2.34. The smallest absolute Gasteiger partial charge is 0.269 e. The summed E-state index contributed by atoms with van der Waals surface area (Å²) in [4.78, 5) is 12.0. The molecule has 1 aromatic heterocycles. The Kier molecular flexibility index (Phi) is 4.82. The van der Waals surface area contributed by atoms with Crippen molar-refractivity contribution in [3.63, 3.8) is 0 Å². The minimum Gasteiger partial charge on any atom is -0.493 e. The number of aromatic amines is 1. The van der Waals surface area contributed by atoms with Crippen molar-refractivity contribution >= 4 is 0 Å². The van der Waals surface area contributed by atoms with Gasteiger partial charge in [-0.15, -0.1) is 0 Å². The molecular formula is C16H21N3O3. The Morgan fingerprint density at radius 1 is 1.14 bits per heavy atom. The standard InChI is InChI=1S/C16H21N3O3/c1-9(2)12-8-11(16(20)19-18-12)15(17)10-5-6-13(21-3)14(7-10)22-4/h5-9,15H,17H2,1-4H3,(H,19,20). The van der Waals surface area contributed by atoms with Crippen molar-refractivity contribution < 1.29 is 9.47 Å². The number of nitrogens with two attached hydrogens (primary N) is 1. The fraction of sp³-hybridized carbons (Fsp3) is 0.375. The number of hydrogen-bond donors (Lipinski definition) is 2. The minimum atomic E-state index is -0.566. The molecule has 0 radical (unpaired) electrons. The second kappa shape index (κ2) is 6.62. The van der Waals surface area contributed by atoms with Crippen molar-refractivity contribution in [2.24, 2.45) is 5.73 Å². The molecular weight excluding hydrogens is 282 g/mol. The predicted octanol–water partition coefficient (Wildman–Crippen LogP) is 1.96. The first-order valence-corrected chi connectivity index (χ1v) is 7.05. The lowest BCUT2D eigenvalue weighted by atomic mass is 9.98. The quantitative estimate of drug-likeness (QED) is 0.881. The number of methoxy groups -OCH3 is 2. The average Bonchev–Trinajstić information content (AvgIpc) is 2.53. The van der Waals surface area contributed by atoms with E-state index in [1.807, 2.05) is 19.9 Å². The molecule has 1 heterocycles. The monoisotopic (exact) mass is 303 g/mol. The SMILES string of the molecule is COc1ccc(C(N)c2cc(C(C)C)n[nH]c2=O)cc1OC. The van der Waals surface area contributed by atoms with Crippen molar-refractivity contribution in [1.29, 1.82) is 0 Å². The highest BCUT2D eigenvalue weighted by Gasteiger charge is 2.17. The Bertz CT molecular complexity index is 710. The molecule has 0 spiro atoms. The summed E-state index contributed by atoms with van der Waals surface area (Å²) in [7, 11) is 3.13. The molecule has 2 aromatic rings. The minimum absolute atomic E-state index is 0.202. The number of benzene rings is 1. The fourth-order valence-corrected chi connectivity index (χ4v) is 2.19. The van der Waals surface area contributed by atoms with E-state index in [0.717, 1.165) is 11.3 Å². The second-order valence-corrected chi connectivity index (χ2v) is 5.32. The van der Waals surface area contributed by atoms with Crippen molar-refractivity contribution in [2.75, 3.05) is 14.2 Å². The summed E-state index contributed by atoms with van der Waals surface area (Å²) < 4.78 is 10.5. The summed E-state index contributed by atoms with van der Waals surface area (Å²) in [6.07, 6.45) is 0. The van der Waals surface area contributed by atoms with Gasteiger partial charge >= 0.3 is 0 Å². The summed E-state index contributed by atoms with van der Waals surface area (Å²) in [6, 6.07) is 6.56. The van der Waals surface area contributed by atoms with Crippen LogP contribution >= 0.6 is 0 Å². The molecule has 0 fully saturated rings. The van der Waals surface area contributed by atoms with E-state index in [9.17, 15) is 4.79 Å². The predicted molar refractivity (Wildman–Crippen MR) is 84.5 cm³/mol. The van der Waals surface area contributed by atoms with Crippen LogP contribution in [0.1, 0.15) is 42.6 Å². The lowest BCUT2D eigenvalue weighted by molar-refractivity contribution is 0.354. The largest absolute Gasteiger partial charge is 0.493 e. The molecule has 0 aliphatic rings. The summed E-state index contributed by atoms with van der Waals surface area (Å²) in [5, 5.41) is 6.55. The van der Waals surface area contributed by atoms with E-state index in [1.165, 1.54) is 0 Å². The van der Waals surface area contributed by atoms with Gasteiger partial charge in [-0.2, -0.15) is 5.10 Å². The van der Waals surface area contributed by atoms with E-state index in [4.69, 9.17) is 15.2 Å². The molecule has 2 rings (SSSR count). The first kappa shape index (κ1) is 16.0. The van der Waals surface area contributed by atoms with Crippen molar-refractivity contribution in [3.05, 3.63) is 51.4 Å². The van der Waals surface area contributed by atoms with Crippen LogP contribution in [-0.2, 0) is 0 Å². The van der Waals surface area contributed by atoms with Crippen LogP contribution in [0.25, 0.3) is 0 Å². The third-order valence-corrected chi connectivity index (χ3v) is 3.55. The molecule has 22 heavy (non-hydrogen) atoms. The zero-order chi connectivity index (χ0) is 16.3. The van der Waals surface area contributed by atoms with Gasteiger partial charge < -0.3 is 15.2 Å². The van der Waals surface area contributed by atoms with Gasteiger partial charge in [-0.1, -0.05) is 19.9 Å². The van der Waals surface area contributed by atoms with E-state index in [2.05, 4.69) is 10.2 Å². The van der Waals surface area contributed by atoms with Crippen LogP contribution in [0.2, 0.25) is 0 Å². The number of hydrogen-bond acceptors (Lipinski definition) is 5. The topological polar surface area (TPSA) is 90.2 Å². The van der Waals surface area contributed by atoms with Crippen molar-refractivity contribution in [1.82, 2.24) is 10.2 Å². The van der Waals surface area contributed by atoms with Gasteiger partial charge in [0, 0.05) is 5.56 Å². The maximum absolute atomic E-state index is 12.0. The number of H-pyrrole nitrogens is 1. The van der Waals surface area contributed by atoms with Gasteiger partial charge in [-0.05, 0) is 29.7 Å². The molecule has 0 amide bonds. The van der Waals surface area contributed by atoms with E-state index < -0.39 is 6.04 Å². The second-order valence-electron chi connectivity index (χ2n) is 5.32. The van der Waals surface area contributed by atoms with Gasteiger partial charge in [0.15, 0.2) is 11.5 Å². The van der Waals surface area contributed by atoms with Crippen LogP contribution in [0.15, 0.2) is 29.1 Å². The lowest BCUT2D eigenvalue weighted by Gasteiger charge is -2.15. The van der Waals surface area contributed by atoms with E-state index in [-0.39, 0.29) is 11.5 Å². The van der Waals surface area contributed by atoms with E-state index >= 15 is 0 Å². The highest BCUT2D eigenvalue weighted by molar-refractivity contribution is 5.45. The molecule has 6 nitrogen and oxygen atoms in total. The summed E-state index contributed by atoms with van der Waals surface area (Å²) in [5.74, 6) is 1.39. The molecule has 0 aliphatic heterocycles. The number of aromatic nitrogens is 2. The molecule has 0 bridgehead atoms. The Morgan fingerprint density at radius 2 is 1.82 bits per heavy atom. The molecule has 0 saturated heterocycles. The van der Waals surface area contributed by atoms with Crippen molar-refractivity contribution in [2.45, 2.75) is 25.8 Å². The number of rotatable bonds is 5. The highest BCUT2D eigenvalue weighted by Crippen LogP contribution is 2.30. The maximum Gasteiger partial charge on any atom is 0.269 e. The lowest BCUT2D eigenvalue weighted by Crippen LogP contribution is -2.24. The molecule has 1 aromatic carbocycles. The molecule has 0 saturated carbocycles. The molecule has 3 N–H and O–H groups in total. The number of ether oxygens (including phenoxy) is 2. The average molecular weight is 303 g/mol. The first-order valence-electron chi connectivity index (χ1n) is 7.05. The van der Waals surface area contributed by atoms with Gasteiger partial charge in [0.05, 0.1) is 26.0 Å². The normalized spacial score (nSPS) is 12.3. The van der Waals surface area contributed by atoms with Gasteiger partial charge in [-0.3, -0.25) is 4.79 Å². The number of nitrogens with zero attached hydrogens (tertiary/aromatic N) is 1. The van der Waals surface area contributed by atoms with Crippen LogP contribution in [0.4, 0.5) is 0 Å². The Labute approximate surface area is 129 Å². The summed E-state index contributed by atoms with van der Waals surface area (Å²) in [6.45, 7) is 4.01. The number of nitrogens with one attached hydrogen (secondary N) is 1. The van der Waals surface area contributed by atoms with Crippen LogP contribution in [0.3, 0.4) is 0 Å². The molecule has 0 aliphatic carbocycles. The highest BCUT2D eigenvalue weighted by atomic mass is 16.5. The maximum atomic E-state index is 12.0. The summed E-state index contributed by atoms with van der Waals surface area (Å²) >= 11 is 0. The third kappa shape index (κ3) is 3.12. The first-order chi connectivity index (χ1) is 10.5. The zero-order valence-corrected chi connectivity index (χ0v) is 13.2. The molecule has 1 unspecified atom stereocenters. The Morgan fingerprint density at radius 3 is 2.41 bits per heavy atom. The van der Waals surface area contributed by atoms with Gasteiger partial charge in [0.1, 0.15) is 0 Å². The van der Waals surface area contributed by atoms with Gasteiger partial charge in [-0.25, -0.2) is 5.10 Å². The zero-order valence-electron chi connectivity index (χ0n) is 13.2. The summed E-state index contributed by atoms with van der Waals surface area (Å²) in [5.41, 5.74) is 8.01. The Balaban J connectivity index is 2.45. The fourth-order valence-electron chi connectivity index (χ4n) is 2.19. The van der Waals surface area contributed by atoms with Gasteiger partial charge in [0.25, 0.3) is 5.56 Å². The van der Waals surface area contributed by atoms with Crippen LogP contribution < -0.4 is 20.8 Å². The molecule has 6 heteroatoms. The van der Waals surface area contributed by atoms with Crippen LogP contribution in [0.5, 0.6) is 11.5 Å². The van der Waals surface area contributed by atoms with Gasteiger partial charge in [0.2, 0.25) is 0 Å².